The van der Waals surface area contributed by atoms with E-state index < -0.39 is 33.9 Å². The number of rotatable bonds is 33. The molecule has 2 unspecified atom stereocenters. The fourth-order valence-corrected chi connectivity index (χ4v) is 13.9. The highest BCUT2D eigenvalue weighted by atomic mass is 32.2. The van der Waals surface area contributed by atoms with Crippen LogP contribution in [-0.4, -0.2) is 171 Å². The largest absolute Gasteiger partial charge is 0.493 e. The Kier molecular flexibility index (Phi) is 28.9. The molecule has 4 heterocycles. The molecule has 0 aliphatic carbocycles. The van der Waals surface area contributed by atoms with Gasteiger partial charge >= 0.3 is 0 Å². The standard InChI is InChI=1S/C79H100N10O11S/c1-12-14-25-34-71(87-42-40-85(8)41-43-87)86(9)64-50-68(66(98-11)48-62(64)75(93)80-13-2)100-45-30-44-99-67-49-63-61(47-65(67)97-10)77(95)89-53-57(46-60(89)52-81-63)56-35-37-59(38-36-56)83-74(92)55(5)82-76(94)73(54(3)4)84-70(90)33-28-24-29-39-88-72(91)51-69(78(88)96)101-79(6,7)58-31-26-22-20-18-16-15-17-19-21-23-27-32-58/h12-13,15-23,26-27,31-32,35-38,47-50,52-55,60,69,71,73H,1-2,14,24-25,28-30,33-34,39-46,51H2,3-11H3,(H,80,93)(H,82,94)(H,83,92)(H,84,90)/t55-,60-,69?,71?,73-/m0/s1. The first kappa shape index (κ1) is 77.2. The number of thioether (sulfide) groups is 1. The topological polar surface area (TPSA) is 233 Å². The minimum Gasteiger partial charge on any atom is -0.493 e. The Bertz CT molecular complexity index is 3760. The molecule has 5 atom stereocenters. The summed E-state index contributed by atoms with van der Waals surface area (Å²) in [5, 5.41) is 10.7. The van der Waals surface area contributed by atoms with Gasteiger partial charge in [-0.15, -0.1) is 18.3 Å². The average Bonchev–Trinajstić information content (AvgIpc) is 1.77. The predicted octanol–water partition coefficient (Wildman–Crippen LogP) is 12.0. The van der Waals surface area contributed by atoms with Gasteiger partial charge in [0, 0.05) is 100 Å². The van der Waals surface area contributed by atoms with Crippen molar-refractivity contribution in [1.29, 1.82) is 0 Å². The van der Waals surface area contributed by atoms with Crippen molar-refractivity contribution in [3.8, 4) is 23.0 Å². The van der Waals surface area contributed by atoms with Gasteiger partial charge in [0.15, 0.2) is 23.0 Å². The second-order valence-corrected chi connectivity index (χ2v) is 28.2. The molecule has 101 heavy (non-hydrogen) atoms. The molecule has 22 heteroatoms. The zero-order valence-corrected chi connectivity index (χ0v) is 60.7. The van der Waals surface area contributed by atoms with Crippen molar-refractivity contribution >= 4 is 82.0 Å². The SMILES string of the molecule is C=CCCCC(N1CCN(C)CC1)N(C)c1cc(OCCCOc2cc3c(cc2OC)C(=O)N2C=C(c4ccc(NC(=O)[C@H](C)NC(=O)[C@@H](NC(=O)CCCCCN5C(=O)CC(SC(C)(C)c6ccccccccccccc6)C5=O)C(C)C)cc4)C[C@H]2C=N3)c(OC)cc1C(=O)NC=C. The van der Waals surface area contributed by atoms with Gasteiger partial charge in [-0.2, -0.15) is 0 Å². The molecule has 0 spiro atoms. The van der Waals surface area contributed by atoms with Crippen LogP contribution in [0.25, 0.3) is 5.57 Å². The lowest BCUT2D eigenvalue weighted by atomic mass is 10.0. The Morgan fingerprint density at radius 2 is 1.38 bits per heavy atom. The molecule has 2 fully saturated rings. The van der Waals surface area contributed by atoms with Crippen LogP contribution in [0.15, 0.2) is 164 Å². The number of ether oxygens (including phenoxy) is 4. The van der Waals surface area contributed by atoms with Gasteiger partial charge < -0.3 is 54.9 Å². The molecular formula is C79H100N10O11S. The summed E-state index contributed by atoms with van der Waals surface area (Å²) in [5.74, 6) is -0.876. The van der Waals surface area contributed by atoms with Crippen molar-refractivity contribution in [3.05, 3.63) is 181 Å². The number of carbonyl (C=O) groups is 7. The molecule has 4 aromatic carbocycles. The maximum atomic E-state index is 14.3. The Morgan fingerprint density at radius 3 is 2.00 bits per heavy atom. The van der Waals surface area contributed by atoms with Crippen molar-refractivity contribution < 1.29 is 52.5 Å². The molecule has 2 saturated heterocycles. The molecule has 8 rings (SSSR count). The van der Waals surface area contributed by atoms with E-state index in [0.29, 0.717) is 83.3 Å². The number of fused-ring (bicyclic) bond motifs is 2. The van der Waals surface area contributed by atoms with Gasteiger partial charge in [0.2, 0.25) is 29.5 Å². The minimum atomic E-state index is -0.949. The third kappa shape index (κ3) is 21.3. The van der Waals surface area contributed by atoms with Crippen LogP contribution >= 0.6 is 11.8 Å². The first-order valence-corrected chi connectivity index (χ1v) is 35.7. The zero-order valence-electron chi connectivity index (χ0n) is 59.9. The number of imide groups is 1. The molecule has 0 saturated carbocycles. The summed E-state index contributed by atoms with van der Waals surface area (Å²) in [5.41, 5.74) is 5.14. The number of carbonyl (C=O) groups excluding carboxylic acids is 7. The number of piperazine rings is 1. The van der Waals surface area contributed by atoms with E-state index in [4.69, 9.17) is 23.9 Å². The van der Waals surface area contributed by atoms with E-state index >= 15 is 0 Å². The lowest BCUT2D eigenvalue weighted by Gasteiger charge is -2.43. The number of benzene rings is 3. The maximum absolute atomic E-state index is 14.3. The number of amides is 7. The van der Waals surface area contributed by atoms with Crippen LogP contribution in [0.4, 0.5) is 17.1 Å². The number of likely N-dealkylation sites (N-methyl/N-ethyl adjacent to an activating group) is 1. The molecule has 7 amide bonds. The van der Waals surface area contributed by atoms with Gasteiger partial charge in [-0.25, -0.2) is 0 Å². The van der Waals surface area contributed by atoms with Crippen LogP contribution in [0, 0.1) is 5.92 Å². The number of hydrogen-bond acceptors (Lipinski definition) is 16. The van der Waals surface area contributed by atoms with Gasteiger partial charge in [-0.05, 0) is 113 Å². The smallest absolute Gasteiger partial charge is 0.260 e. The van der Waals surface area contributed by atoms with Crippen molar-refractivity contribution in [2.45, 2.75) is 133 Å². The Balaban J connectivity index is 0.786. The molecule has 21 nitrogen and oxygen atoms in total. The van der Waals surface area contributed by atoms with Gasteiger partial charge in [0.05, 0.1) is 67.4 Å². The lowest BCUT2D eigenvalue weighted by Crippen LogP contribution is -2.54. The second-order valence-electron chi connectivity index (χ2n) is 26.3. The third-order valence-electron chi connectivity index (χ3n) is 18.3. The molecular weight excluding hydrogens is 1300 g/mol. The highest BCUT2D eigenvalue weighted by molar-refractivity contribution is 8.01. The first-order valence-electron chi connectivity index (χ1n) is 34.9. The van der Waals surface area contributed by atoms with E-state index in [1.54, 1.807) is 55.5 Å². The molecule has 4 aromatic rings. The quantitative estimate of drug-likeness (QED) is 0.0197. The van der Waals surface area contributed by atoms with Gasteiger partial charge in [-0.3, -0.25) is 48.4 Å². The number of nitrogens with one attached hydrogen (secondary N) is 4. The normalized spacial score (nSPS) is 16.8. The summed E-state index contributed by atoms with van der Waals surface area (Å²) in [6.45, 7) is 21.4. The summed E-state index contributed by atoms with van der Waals surface area (Å²) in [7, 11) is 7.20. The summed E-state index contributed by atoms with van der Waals surface area (Å²) in [6, 6.07) is 37.4. The van der Waals surface area contributed by atoms with Crippen molar-refractivity contribution in [1.82, 2.24) is 35.6 Å². The van der Waals surface area contributed by atoms with Crippen molar-refractivity contribution in [2.75, 3.05) is 84.5 Å². The summed E-state index contributed by atoms with van der Waals surface area (Å²) in [4.78, 5) is 110. The maximum Gasteiger partial charge on any atom is 0.260 e. The van der Waals surface area contributed by atoms with E-state index in [-0.39, 0.29) is 80.3 Å². The number of allylic oxidation sites excluding steroid dienone is 1. The fraction of sp³-hybridized carbons (Fsp3) is 0.418. The molecule has 4 N–H and O–H groups in total. The Hall–Kier alpha value is -9.51. The number of aliphatic imine (C=N–C) groups is 1. The number of methoxy groups -OCH3 is 2. The van der Waals surface area contributed by atoms with Gasteiger partial charge in [0.1, 0.15) is 12.1 Å². The van der Waals surface area contributed by atoms with Crippen LogP contribution < -0.4 is 45.1 Å². The fourth-order valence-electron chi connectivity index (χ4n) is 12.5. The van der Waals surface area contributed by atoms with E-state index in [9.17, 15) is 33.6 Å². The summed E-state index contributed by atoms with van der Waals surface area (Å²) >= 11 is 1.48. The van der Waals surface area contributed by atoms with E-state index in [1.165, 1.54) is 30.0 Å². The third-order valence-corrected chi connectivity index (χ3v) is 19.7. The Labute approximate surface area is 599 Å². The summed E-state index contributed by atoms with van der Waals surface area (Å²) < 4.78 is 23.7. The van der Waals surface area contributed by atoms with E-state index in [1.807, 2.05) is 130 Å². The zero-order chi connectivity index (χ0) is 72.6. The average molecular weight is 1400 g/mol. The second kappa shape index (κ2) is 37.8. The monoisotopic (exact) mass is 1400 g/mol. The van der Waals surface area contributed by atoms with Crippen LogP contribution in [0.3, 0.4) is 0 Å². The number of unbranched alkanes of at least 4 members (excludes halogenated alkanes) is 3. The number of hydrogen-bond donors (Lipinski definition) is 4. The van der Waals surface area contributed by atoms with E-state index in [2.05, 4.69) is 70.0 Å². The molecule has 4 aliphatic heterocycles. The van der Waals surface area contributed by atoms with Crippen molar-refractivity contribution in [2.24, 2.45) is 10.9 Å². The summed E-state index contributed by atoms with van der Waals surface area (Å²) in [6.07, 6.45) is 12.4. The predicted molar refractivity (Wildman–Crippen MR) is 401 cm³/mol. The first-order chi connectivity index (χ1) is 48.6. The van der Waals surface area contributed by atoms with Crippen molar-refractivity contribution in [3.63, 3.8) is 0 Å². The molecule has 0 aromatic heterocycles. The van der Waals surface area contributed by atoms with Crippen LogP contribution in [0.1, 0.15) is 131 Å². The number of anilines is 2. The van der Waals surface area contributed by atoms with E-state index in [0.717, 1.165) is 62.1 Å². The minimum absolute atomic E-state index is 0.0133. The van der Waals surface area contributed by atoms with Gasteiger partial charge in [0.25, 0.3) is 11.8 Å². The van der Waals surface area contributed by atoms with Crippen LogP contribution in [0.5, 0.6) is 23.0 Å². The molecule has 0 radical (unpaired) electrons. The number of nitrogens with zero attached hydrogens (tertiary/aromatic N) is 6. The highest BCUT2D eigenvalue weighted by Gasteiger charge is 2.42. The molecule has 538 valence electrons. The highest BCUT2D eigenvalue weighted by Crippen LogP contribution is 2.43. The molecule has 0 bridgehead atoms. The molecule has 4 aliphatic rings. The number of likely N-dealkylation sites (tertiary alicyclic amines) is 1. The van der Waals surface area contributed by atoms with Crippen LogP contribution in [0.2, 0.25) is 0 Å². The van der Waals surface area contributed by atoms with Gasteiger partial charge in [-0.1, -0.05) is 124 Å². The lowest BCUT2D eigenvalue weighted by molar-refractivity contribution is -0.138. The van der Waals surface area contributed by atoms with Crippen LogP contribution in [-0.2, 0) is 28.7 Å². The Morgan fingerprint density at radius 1 is 0.743 bits per heavy atom.